The lowest BCUT2D eigenvalue weighted by Crippen LogP contribution is -2.30. The van der Waals surface area contributed by atoms with Crippen molar-refractivity contribution in [2.24, 2.45) is 0 Å². The molecule has 2 rings (SSSR count). The summed E-state index contributed by atoms with van der Waals surface area (Å²) >= 11 is 0. The molecule has 0 atom stereocenters. The molecule has 0 unspecified atom stereocenters. The van der Waals surface area contributed by atoms with Gasteiger partial charge in [0.25, 0.3) is 11.8 Å². The molecule has 4 heteroatoms. The molecule has 0 radical (unpaired) electrons. The summed E-state index contributed by atoms with van der Waals surface area (Å²) in [6.07, 6.45) is 3.53. The van der Waals surface area contributed by atoms with Gasteiger partial charge in [-0.2, -0.15) is 0 Å². The van der Waals surface area contributed by atoms with Crippen LogP contribution in [0.25, 0.3) is 5.57 Å². The Kier molecular flexibility index (Phi) is 6.90. The Labute approximate surface area is 166 Å². The third kappa shape index (κ3) is 4.75. The van der Waals surface area contributed by atoms with Crippen LogP contribution < -0.4 is 0 Å². The molecule has 0 spiro atoms. The van der Waals surface area contributed by atoms with Gasteiger partial charge in [0.1, 0.15) is 0 Å². The van der Waals surface area contributed by atoms with Gasteiger partial charge in [-0.3, -0.25) is 4.79 Å². The predicted octanol–water partition coefficient (Wildman–Crippen LogP) is 6.21. The van der Waals surface area contributed by atoms with E-state index < -0.39 is 5.92 Å². The van der Waals surface area contributed by atoms with Crippen LogP contribution in [-0.4, -0.2) is 23.9 Å². The second kappa shape index (κ2) is 8.96. The van der Waals surface area contributed by atoms with E-state index in [2.05, 4.69) is 6.58 Å². The van der Waals surface area contributed by atoms with Crippen molar-refractivity contribution in [3.05, 3.63) is 89.0 Å². The summed E-state index contributed by atoms with van der Waals surface area (Å²) in [5.74, 6) is -2.88. The maximum Gasteiger partial charge on any atom is 0.270 e. The number of aryl methyl sites for hydroxylation is 1. The topological polar surface area (TPSA) is 20.3 Å². The van der Waals surface area contributed by atoms with Gasteiger partial charge in [0.15, 0.2) is 0 Å². The fraction of sp³-hybridized carbons (Fsp3) is 0.292. The van der Waals surface area contributed by atoms with Crippen LogP contribution in [0.15, 0.2) is 61.2 Å². The third-order valence-electron chi connectivity index (χ3n) is 4.80. The average Bonchev–Trinajstić information content (AvgIpc) is 2.67. The zero-order chi connectivity index (χ0) is 20.9. The zero-order valence-corrected chi connectivity index (χ0v) is 16.9. The van der Waals surface area contributed by atoms with Gasteiger partial charge in [0.05, 0.1) is 0 Å². The molecule has 0 bridgehead atoms. The molecular weight excluding hydrogens is 356 g/mol. The molecule has 0 N–H and O–H groups in total. The number of carbonyl (C=O) groups is 1. The highest BCUT2D eigenvalue weighted by Crippen LogP contribution is 2.32. The van der Waals surface area contributed by atoms with Crippen molar-refractivity contribution < 1.29 is 13.6 Å². The van der Waals surface area contributed by atoms with E-state index in [1.165, 1.54) is 12.1 Å². The quantitative estimate of drug-likeness (QED) is 0.521. The normalized spacial score (nSPS) is 12.0. The standard InChI is InChI=1S/C24H27F2NO/c1-6-9-22(21-15-14-20(16-17(21)4)24(5,25)26)18-10-12-19(13-11-18)23(28)27(7-2)8-3/h6,9-16H,1,7-8H2,2-5H3/b22-9-. The molecule has 2 nitrogen and oxygen atoms in total. The Bertz CT molecular complexity index is 872. The molecule has 0 heterocycles. The van der Waals surface area contributed by atoms with Gasteiger partial charge in [0, 0.05) is 31.1 Å². The van der Waals surface area contributed by atoms with Crippen molar-refractivity contribution in [1.82, 2.24) is 4.90 Å². The highest BCUT2D eigenvalue weighted by atomic mass is 19.3. The third-order valence-corrected chi connectivity index (χ3v) is 4.80. The molecule has 0 aliphatic carbocycles. The van der Waals surface area contributed by atoms with E-state index >= 15 is 0 Å². The number of carbonyl (C=O) groups excluding carboxylic acids is 1. The van der Waals surface area contributed by atoms with Gasteiger partial charge in [-0.15, -0.1) is 0 Å². The van der Waals surface area contributed by atoms with Gasteiger partial charge in [0.2, 0.25) is 0 Å². The van der Waals surface area contributed by atoms with Gasteiger partial charge in [-0.25, -0.2) is 8.78 Å². The first kappa shape index (κ1) is 21.5. The Hall–Kier alpha value is -2.75. The van der Waals surface area contributed by atoms with Crippen LogP contribution in [0.4, 0.5) is 8.78 Å². The molecule has 0 saturated carbocycles. The van der Waals surface area contributed by atoms with E-state index in [4.69, 9.17) is 0 Å². The van der Waals surface area contributed by atoms with Gasteiger partial charge >= 0.3 is 0 Å². The van der Waals surface area contributed by atoms with Gasteiger partial charge < -0.3 is 4.90 Å². The van der Waals surface area contributed by atoms with Crippen molar-refractivity contribution in [3.63, 3.8) is 0 Å². The van der Waals surface area contributed by atoms with E-state index in [1.54, 1.807) is 29.2 Å². The van der Waals surface area contributed by atoms with Crippen LogP contribution in [0, 0.1) is 6.92 Å². The van der Waals surface area contributed by atoms with Crippen LogP contribution in [-0.2, 0) is 5.92 Å². The molecule has 28 heavy (non-hydrogen) atoms. The van der Waals surface area contributed by atoms with Crippen molar-refractivity contribution in [2.45, 2.75) is 33.6 Å². The number of halogens is 2. The van der Waals surface area contributed by atoms with Gasteiger partial charge in [-0.05, 0) is 61.2 Å². The predicted molar refractivity (Wildman–Crippen MR) is 112 cm³/mol. The van der Waals surface area contributed by atoms with Crippen molar-refractivity contribution >= 4 is 11.5 Å². The molecule has 0 aliphatic rings. The summed E-state index contributed by atoms with van der Waals surface area (Å²) in [4.78, 5) is 14.3. The number of allylic oxidation sites excluding steroid dienone is 2. The Morgan fingerprint density at radius 1 is 1.07 bits per heavy atom. The summed E-state index contributed by atoms with van der Waals surface area (Å²) in [6.45, 7) is 11.7. The van der Waals surface area contributed by atoms with Gasteiger partial charge in [-0.1, -0.05) is 43.0 Å². The first-order valence-electron chi connectivity index (χ1n) is 9.44. The summed E-state index contributed by atoms with van der Waals surface area (Å²) in [7, 11) is 0. The second-order valence-electron chi connectivity index (χ2n) is 6.79. The highest BCUT2D eigenvalue weighted by molar-refractivity contribution is 5.95. The van der Waals surface area contributed by atoms with Crippen LogP contribution >= 0.6 is 0 Å². The summed E-state index contributed by atoms with van der Waals surface area (Å²) in [5.41, 5.74) is 4.01. The number of amides is 1. The molecule has 0 aliphatic heterocycles. The molecule has 0 saturated heterocycles. The molecule has 148 valence electrons. The second-order valence-corrected chi connectivity index (χ2v) is 6.79. The highest BCUT2D eigenvalue weighted by Gasteiger charge is 2.25. The van der Waals surface area contributed by atoms with Crippen molar-refractivity contribution in [3.8, 4) is 0 Å². The molecular formula is C24H27F2NO. The first-order valence-corrected chi connectivity index (χ1v) is 9.44. The lowest BCUT2D eigenvalue weighted by Gasteiger charge is -2.19. The van der Waals surface area contributed by atoms with Crippen LogP contribution in [0.3, 0.4) is 0 Å². The van der Waals surface area contributed by atoms with E-state index in [1.807, 2.05) is 39.0 Å². The Balaban J connectivity index is 2.42. The summed E-state index contributed by atoms with van der Waals surface area (Å²) in [5, 5.41) is 0. The fourth-order valence-electron chi connectivity index (χ4n) is 3.18. The van der Waals surface area contributed by atoms with E-state index in [0.29, 0.717) is 18.7 Å². The number of alkyl halides is 2. The SMILES string of the molecule is C=C/C=C(/c1ccc(C(=O)N(CC)CC)cc1)c1ccc(C(C)(F)F)cc1C. The monoisotopic (exact) mass is 383 g/mol. The maximum absolute atomic E-state index is 13.6. The van der Waals surface area contributed by atoms with E-state index in [0.717, 1.165) is 29.2 Å². The Morgan fingerprint density at radius 3 is 2.11 bits per heavy atom. The summed E-state index contributed by atoms with van der Waals surface area (Å²) < 4.78 is 27.2. The summed E-state index contributed by atoms with van der Waals surface area (Å²) in [6, 6.07) is 12.1. The minimum Gasteiger partial charge on any atom is -0.339 e. The number of rotatable bonds is 7. The fourth-order valence-corrected chi connectivity index (χ4v) is 3.18. The minimum absolute atomic E-state index is 0.00323. The van der Waals surface area contributed by atoms with E-state index in [9.17, 15) is 13.6 Å². The smallest absolute Gasteiger partial charge is 0.270 e. The lowest BCUT2D eigenvalue weighted by molar-refractivity contribution is 0.0174. The number of hydrogen-bond acceptors (Lipinski definition) is 1. The first-order chi connectivity index (χ1) is 13.2. The molecule has 0 aromatic heterocycles. The van der Waals surface area contributed by atoms with Crippen molar-refractivity contribution in [1.29, 1.82) is 0 Å². The molecule has 1 amide bonds. The van der Waals surface area contributed by atoms with Crippen molar-refractivity contribution in [2.75, 3.05) is 13.1 Å². The van der Waals surface area contributed by atoms with E-state index in [-0.39, 0.29) is 11.5 Å². The maximum atomic E-state index is 13.6. The number of nitrogens with zero attached hydrogens (tertiary/aromatic N) is 1. The van der Waals surface area contributed by atoms with Crippen LogP contribution in [0.2, 0.25) is 0 Å². The lowest BCUT2D eigenvalue weighted by atomic mass is 9.91. The number of benzene rings is 2. The molecule has 0 fully saturated rings. The number of hydrogen-bond donors (Lipinski definition) is 0. The van der Waals surface area contributed by atoms with Crippen LogP contribution in [0.1, 0.15) is 53.4 Å². The molecule has 2 aromatic rings. The zero-order valence-electron chi connectivity index (χ0n) is 16.9. The van der Waals surface area contributed by atoms with Crippen LogP contribution in [0.5, 0.6) is 0 Å². The largest absolute Gasteiger partial charge is 0.339 e. The minimum atomic E-state index is -2.88. The Morgan fingerprint density at radius 2 is 1.64 bits per heavy atom. The average molecular weight is 383 g/mol. The molecule has 2 aromatic carbocycles.